The molecule has 2 N–H and O–H groups in total. The van der Waals surface area contributed by atoms with E-state index in [0.717, 1.165) is 25.7 Å². The van der Waals surface area contributed by atoms with Crippen LogP contribution in [0, 0.1) is 0 Å². The van der Waals surface area contributed by atoms with Gasteiger partial charge in [-0.1, -0.05) is 24.3 Å². The molecule has 1 atom stereocenters. The first-order valence-corrected chi connectivity index (χ1v) is 7.43. The Hall–Kier alpha value is -1.94. The lowest BCUT2D eigenvalue weighted by Gasteiger charge is -2.13. The van der Waals surface area contributed by atoms with E-state index in [1.807, 2.05) is 6.92 Å². The molecule has 1 aromatic rings. The van der Waals surface area contributed by atoms with Gasteiger partial charge in [0.15, 0.2) is 0 Å². The zero-order valence-corrected chi connectivity index (χ0v) is 12.4. The summed E-state index contributed by atoms with van der Waals surface area (Å²) < 4.78 is 0. The highest BCUT2D eigenvalue weighted by molar-refractivity contribution is 6.12. The smallest absolute Gasteiger partial charge is 0.253 e. The van der Waals surface area contributed by atoms with Crippen molar-refractivity contribution in [2.24, 2.45) is 5.73 Å². The van der Waals surface area contributed by atoms with Crippen LogP contribution in [0.2, 0.25) is 0 Å². The van der Waals surface area contributed by atoms with Gasteiger partial charge in [-0.2, -0.15) is 0 Å². The topological polar surface area (TPSA) is 63.4 Å². The van der Waals surface area contributed by atoms with Crippen LogP contribution in [0.25, 0.3) is 0 Å². The third-order valence-electron chi connectivity index (χ3n) is 3.58. The Kier molecular flexibility index (Phi) is 5.28. The highest BCUT2D eigenvalue weighted by Crippen LogP contribution is 2.11. The lowest BCUT2D eigenvalue weighted by molar-refractivity contribution is -0.136. The van der Waals surface area contributed by atoms with Gasteiger partial charge in [0, 0.05) is 24.7 Å². The molecule has 0 bridgehead atoms. The van der Waals surface area contributed by atoms with Crippen molar-refractivity contribution in [3.05, 3.63) is 47.5 Å². The van der Waals surface area contributed by atoms with E-state index in [9.17, 15) is 9.59 Å². The minimum absolute atomic E-state index is 0.181. The summed E-state index contributed by atoms with van der Waals surface area (Å²) in [4.78, 5) is 24.1. The van der Waals surface area contributed by atoms with Crippen LogP contribution < -0.4 is 5.73 Å². The highest BCUT2D eigenvalue weighted by atomic mass is 16.2. The van der Waals surface area contributed by atoms with Gasteiger partial charge in [0.25, 0.3) is 11.8 Å². The van der Waals surface area contributed by atoms with Crippen molar-refractivity contribution in [2.45, 2.75) is 38.6 Å². The fraction of sp³-hybridized carbons (Fsp3) is 0.412. The Bertz CT molecular complexity index is 514. The summed E-state index contributed by atoms with van der Waals surface area (Å²) >= 11 is 0. The maximum atomic E-state index is 11.4. The largest absolute Gasteiger partial charge is 0.328 e. The quantitative estimate of drug-likeness (QED) is 0.614. The van der Waals surface area contributed by atoms with Gasteiger partial charge < -0.3 is 5.73 Å². The van der Waals surface area contributed by atoms with Crippen molar-refractivity contribution in [1.82, 2.24) is 4.90 Å². The van der Waals surface area contributed by atoms with Crippen molar-refractivity contribution in [3.8, 4) is 0 Å². The molecule has 112 valence electrons. The number of rotatable bonds is 7. The van der Waals surface area contributed by atoms with E-state index in [1.54, 1.807) is 0 Å². The maximum Gasteiger partial charge on any atom is 0.253 e. The van der Waals surface area contributed by atoms with Crippen LogP contribution in [-0.4, -0.2) is 29.3 Å². The van der Waals surface area contributed by atoms with Crippen molar-refractivity contribution >= 4 is 11.8 Å². The first kappa shape index (κ1) is 15.4. The Morgan fingerprint density at radius 1 is 1.00 bits per heavy atom. The van der Waals surface area contributed by atoms with Crippen LogP contribution in [-0.2, 0) is 22.4 Å². The molecule has 0 radical (unpaired) electrons. The number of unbranched alkanes of at least 4 members (excludes halogenated alkanes) is 1. The number of aryl methyl sites for hydroxylation is 1. The third-order valence-corrected chi connectivity index (χ3v) is 3.58. The molecule has 0 aromatic heterocycles. The molecule has 21 heavy (non-hydrogen) atoms. The SMILES string of the molecule is C[C@H](N)Cc1ccc(CCCCN2C(=O)C=CC2=O)cc1. The molecule has 0 saturated heterocycles. The number of benzene rings is 1. The molecule has 2 amide bonds. The van der Waals surface area contributed by atoms with Crippen LogP contribution in [0.3, 0.4) is 0 Å². The van der Waals surface area contributed by atoms with Gasteiger partial charge in [0.05, 0.1) is 0 Å². The second-order valence-electron chi connectivity index (χ2n) is 5.62. The molecule has 1 aliphatic rings. The summed E-state index contributed by atoms with van der Waals surface area (Å²) in [6.45, 7) is 2.51. The second-order valence-corrected chi connectivity index (χ2v) is 5.62. The molecular weight excluding hydrogens is 264 g/mol. The first-order chi connectivity index (χ1) is 10.1. The standard InChI is InChI=1S/C17H22N2O2/c1-13(18)12-15-7-5-14(6-8-15)4-2-3-11-19-16(20)9-10-17(19)21/h5-10,13H,2-4,11-12,18H2,1H3/t13-/m0/s1. The number of amides is 2. The van der Waals surface area contributed by atoms with Gasteiger partial charge in [-0.15, -0.1) is 0 Å². The summed E-state index contributed by atoms with van der Waals surface area (Å²) in [5.74, 6) is -0.388. The number of hydrogen-bond acceptors (Lipinski definition) is 3. The summed E-state index contributed by atoms with van der Waals surface area (Å²) in [6.07, 6.45) is 6.32. The number of carbonyl (C=O) groups excluding carboxylic acids is 2. The summed E-state index contributed by atoms with van der Waals surface area (Å²) in [7, 11) is 0. The molecule has 0 fully saturated rings. The fourth-order valence-corrected chi connectivity index (χ4v) is 2.46. The molecular formula is C17H22N2O2. The minimum Gasteiger partial charge on any atom is -0.328 e. The maximum absolute atomic E-state index is 11.4. The summed E-state index contributed by atoms with van der Waals surface area (Å²) in [6, 6.07) is 8.68. The number of nitrogens with zero attached hydrogens (tertiary/aromatic N) is 1. The van der Waals surface area contributed by atoms with Crippen LogP contribution in [0.15, 0.2) is 36.4 Å². The van der Waals surface area contributed by atoms with E-state index in [4.69, 9.17) is 5.73 Å². The average molecular weight is 286 g/mol. The van der Waals surface area contributed by atoms with E-state index < -0.39 is 0 Å². The van der Waals surface area contributed by atoms with Crippen LogP contribution >= 0.6 is 0 Å². The van der Waals surface area contributed by atoms with E-state index in [2.05, 4.69) is 24.3 Å². The zero-order valence-electron chi connectivity index (χ0n) is 12.4. The molecule has 2 rings (SSSR count). The van der Waals surface area contributed by atoms with E-state index in [1.165, 1.54) is 28.2 Å². The van der Waals surface area contributed by atoms with Gasteiger partial charge in [-0.3, -0.25) is 14.5 Å². The predicted octanol–water partition coefficient (Wildman–Crippen LogP) is 1.82. The van der Waals surface area contributed by atoms with E-state index in [-0.39, 0.29) is 17.9 Å². The molecule has 1 heterocycles. The van der Waals surface area contributed by atoms with Crippen LogP contribution in [0.1, 0.15) is 30.9 Å². The van der Waals surface area contributed by atoms with Gasteiger partial charge in [0.1, 0.15) is 0 Å². The highest BCUT2D eigenvalue weighted by Gasteiger charge is 2.22. The molecule has 4 nitrogen and oxygen atoms in total. The lowest BCUT2D eigenvalue weighted by Crippen LogP contribution is -2.30. The van der Waals surface area contributed by atoms with Crippen LogP contribution in [0.5, 0.6) is 0 Å². The first-order valence-electron chi connectivity index (χ1n) is 7.43. The summed E-state index contributed by atoms with van der Waals surface area (Å²) in [5.41, 5.74) is 8.31. The van der Waals surface area contributed by atoms with Crippen molar-refractivity contribution < 1.29 is 9.59 Å². The van der Waals surface area contributed by atoms with Crippen molar-refractivity contribution in [3.63, 3.8) is 0 Å². The third kappa shape index (κ3) is 4.53. The normalized spacial score (nSPS) is 15.8. The molecule has 0 spiro atoms. The van der Waals surface area contributed by atoms with E-state index in [0.29, 0.717) is 6.54 Å². The van der Waals surface area contributed by atoms with Crippen molar-refractivity contribution in [1.29, 1.82) is 0 Å². The average Bonchev–Trinajstić information content (AvgIpc) is 2.76. The Morgan fingerprint density at radius 2 is 1.57 bits per heavy atom. The number of nitrogens with two attached hydrogens (primary N) is 1. The Morgan fingerprint density at radius 3 is 2.14 bits per heavy atom. The zero-order chi connectivity index (χ0) is 15.2. The molecule has 1 aromatic carbocycles. The monoisotopic (exact) mass is 286 g/mol. The molecule has 0 unspecified atom stereocenters. The lowest BCUT2D eigenvalue weighted by atomic mass is 10.0. The number of hydrogen-bond donors (Lipinski definition) is 1. The number of imide groups is 1. The van der Waals surface area contributed by atoms with Crippen molar-refractivity contribution in [2.75, 3.05) is 6.54 Å². The molecule has 1 aliphatic heterocycles. The predicted molar refractivity (Wildman–Crippen MR) is 82.6 cm³/mol. The Balaban J connectivity index is 1.71. The van der Waals surface area contributed by atoms with Gasteiger partial charge in [0.2, 0.25) is 0 Å². The minimum atomic E-state index is -0.194. The van der Waals surface area contributed by atoms with E-state index >= 15 is 0 Å². The molecule has 4 heteroatoms. The second kappa shape index (κ2) is 7.18. The summed E-state index contributed by atoms with van der Waals surface area (Å²) in [5, 5.41) is 0. The van der Waals surface area contributed by atoms with Gasteiger partial charge in [-0.25, -0.2) is 0 Å². The molecule has 0 saturated carbocycles. The number of carbonyl (C=O) groups is 2. The van der Waals surface area contributed by atoms with Gasteiger partial charge >= 0.3 is 0 Å². The Labute approximate surface area is 125 Å². The molecule has 0 aliphatic carbocycles. The van der Waals surface area contributed by atoms with Gasteiger partial charge in [-0.05, 0) is 43.7 Å². The van der Waals surface area contributed by atoms with Crippen LogP contribution in [0.4, 0.5) is 0 Å². The fourth-order valence-electron chi connectivity index (χ4n) is 2.46.